The minimum absolute atomic E-state index is 0. The summed E-state index contributed by atoms with van der Waals surface area (Å²) in [5.41, 5.74) is 6.11. The van der Waals surface area contributed by atoms with Crippen LogP contribution in [0.4, 0.5) is 5.69 Å². The Balaban J connectivity index is 0. The zero-order valence-corrected chi connectivity index (χ0v) is 5.02. The first-order valence-corrected chi connectivity index (χ1v) is 2.68. The Hall–Kier alpha value is 1.31. The third kappa shape index (κ3) is 5.03. The van der Waals surface area contributed by atoms with Crippen molar-refractivity contribution in [2.24, 2.45) is 0 Å². The fourth-order valence-electron chi connectivity index (χ4n) is 0.463. The predicted molar refractivity (Wildman–Crippen MR) is 50.2 cm³/mol. The van der Waals surface area contributed by atoms with Crippen molar-refractivity contribution in [3.05, 3.63) is 29.3 Å². The fraction of sp³-hybridized carbons (Fsp3) is 0. The summed E-state index contributed by atoms with van der Waals surface area (Å²) in [6, 6.07) is 7.05. The molecule has 0 aromatic heterocycles. The van der Waals surface area contributed by atoms with Crippen molar-refractivity contribution in [1.82, 2.24) is 0 Å². The third-order valence-electron chi connectivity index (χ3n) is 0.870. The van der Waals surface area contributed by atoms with Gasteiger partial charge < -0.3 is 5.73 Å². The van der Waals surface area contributed by atoms with Gasteiger partial charge in [-0.1, -0.05) is 11.6 Å². The van der Waals surface area contributed by atoms with Crippen molar-refractivity contribution in [1.29, 1.82) is 0 Å². The van der Waals surface area contributed by atoms with E-state index in [2.05, 4.69) is 0 Å². The standard InChI is InChI=1S/C6H6ClN.2Na.2H/c7-5-1-3-6(8)4-2-5;;;;/h1-4H,8H2;;;;. The van der Waals surface area contributed by atoms with Gasteiger partial charge in [-0.2, -0.15) is 0 Å². The SMILES string of the molecule is Nc1ccc(Cl)cc1.[NaH].[NaH]. The molecule has 0 saturated carbocycles. The first-order valence-electron chi connectivity index (χ1n) is 2.30. The van der Waals surface area contributed by atoms with E-state index in [9.17, 15) is 0 Å². The molecule has 0 radical (unpaired) electrons. The van der Waals surface area contributed by atoms with E-state index >= 15 is 0 Å². The van der Waals surface area contributed by atoms with Gasteiger partial charge in [0.25, 0.3) is 0 Å². The molecular formula is C6H8ClNNa2. The Kier molecular flexibility index (Phi) is 9.69. The summed E-state index contributed by atoms with van der Waals surface area (Å²) in [5, 5.41) is 0.721. The molecule has 0 aliphatic carbocycles. The van der Waals surface area contributed by atoms with Crippen molar-refractivity contribution in [2.75, 3.05) is 5.73 Å². The van der Waals surface area contributed by atoms with Gasteiger partial charge in [-0.15, -0.1) is 0 Å². The average Bonchev–Trinajstić information content (AvgIpc) is 1.77. The Morgan fingerprint density at radius 2 is 1.40 bits per heavy atom. The van der Waals surface area contributed by atoms with Crippen LogP contribution in [0.25, 0.3) is 0 Å². The number of halogens is 1. The van der Waals surface area contributed by atoms with E-state index in [-0.39, 0.29) is 59.1 Å². The number of anilines is 1. The molecule has 1 nitrogen and oxygen atoms in total. The molecule has 1 rings (SSSR count). The number of rotatable bonds is 0. The zero-order chi connectivity index (χ0) is 5.98. The van der Waals surface area contributed by atoms with E-state index < -0.39 is 0 Å². The van der Waals surface area contributed by atoms with Crippen molar-refractivity contribution in [2.45, 2.75) is 0 Å². The summed E-state index contributed by atoms with van der Waals surface area (Å²) in [4.78, 5) is 0. The molecule has 46 valence electrons. The van der Waals surface area contributed by atoms with Gasteiger partial charge in [-0.25, -0.2) is 0 Å². The van der Waals surface area contributed by atoms with Crippen LogP contribution in [0.5, 0.6) is 0 Å². The molecule has 0 amide bonds. The molecule has 1 aromatic carbocycles. The molecule has 10 heavy (non-hydrogen) atoms. The van der Waals surface area contributed by atoms with Crippen molar-refractivity contribution >= 4 is 76.4 Å². The quantitative estimate of drug-likeness (QED) is 0.454. The fourth-order valence-corrected chi connectivity index (χ4v) is 0.589. The van der Waals surface area contributed by atoms with Crippen LogP contribution in [-0.2, 0) is 0 Å². The van der Waals surface area contributed by atoms with Crippen LogP contribution in [0.1, 0.15) is 0 Å². The molecule has 4 heteroatoms. The van der Waals surface area contributed by atoms with Crippen LogP contribution in [-0.4, -0.2) is 59.1 Å². The van der Waals surface area contributed by atoms with E-state index in [1.54, 1.807) is 24.3 Å². The topological polar surface area (TPSA) is 26.0 Å². The van der Waals surface area contributed by atoms with E-state index in [4.69, 9.17) is 17.3 Å². The van der Waals surface area contributed by atoms with Gasteiger partial charge in [0.1, 0.15) is 0 Å². The number of nitrogens with two attached hydrogens (primary N) is 1. The van der Waals surface area contributed by atoms with Crippen molar-refractivity contribution in [3.8, 4) is 0 Å². The van der Waals surface area contributed by atoms with E-state index in [0.29, 0.717) is 0 Å². The first-order chi connectivity index (χ1) is 3.79. The zero-order valence-electron chi connectivity index (χ0n) is 4.26. The van der Waals surface area contributed by atoms with Gasteiger partial charge in [-0.3, -0.25) is 0 Å². The summed E-state index contributed by atoms with van der Waals surface area (Å²) >= 11 is 5.56. The van der Waals surface area contributed by atoms with Gasteiger partial charge in [0.2, 0.25) is 0 Å². The Morgan fingerprint density at radius 3 is 1.70 bits per heavy atom. The van der Waals surface area contributed by atoms with Gasteiger partial charge >= 0.3 is 59.1 Å². The van der Waals surface area contributed by atoms with Gasteiger partial charge in [0.15, 0.2) is 0 Å². The Labute approximate surface area is 110 Å². The average molecular weight is 176 g/mol. The summed E-state index contributed by atoms with van der Waals surface area (Å²) in [5.74, 6) is 0. The van der Waals surface area contributed by atoms with Crippen LogP contribution < -0.4 is 5.73 Å². The number of hydrogen-bond donors (Lipinski definition) is 1. The van der Waals surface area contributed by atoms with Crippen molar-refractivity contribution in [3.63, 3.8) is 0 Å². The number of nitrogen functional groups attached to an aromatic ring is 1. The normalized spacial score (nSPS) is 7.30. The molecule has 0 aliphatic rings. The monoisotopic (exact) mass is 175 g/mol. The molecule has 0 fully saturated rings. The summed E-state index contributed by atoms with van der Waals surface area (Å²) < 4.78 is 0. The molecular weight excluding hydrogens is 168 g/mol. The Bertz CT molecular complexity index is 155. The van der Waals surface area contributed by atoms with Crippen LogP contribution in [0.15, 0.2) is 24.3 Å². The van der Waals surface area contributed by atoms with Gasteiger partial charge in [-0.05, 0) is 24.3 Å². The number of benzene rings is 1. The van der Waals surface area contributed by atoms with Crippen LogP contribution in [0.2, 0.25) is 5.02 Å². The summed E-state index contributed by atoms with van der Waals surface area (Å²) in [6.45, 7) is 0. The van der Waals surface area contributed by atoms with E-state index in [1.807, 2.05) is 0 Å². The molecule has 2 N–H and O–H groups in total. The molecule has 0 bridgehead atoms. The minimum atomic E-state index is 0. The summed E-state index contributed by atoms with van der Waals surface area (Å²) in [6.07, 6.45) is 0. The molecule has 0 heterocycles. The molecule has 0 saturated heterocycles. The molecule has 0 aliphatic heterocycles. The predicted octanol–water partition coefficient (Wildman–Crippen LogP) is 0.625. The Morgan fingerprint density at radius 1 is 1.00 bits per heavy atom. The molecule has 1 aromatic rings. The molecule has 0 unspecified atom stereocenters. The summed E-state index contributed by atoms with van der Waals surface area (Å²) in [7, 11) is 0. The van der Waals surface area contributed by atoms with Gasteiger partial charge in [0.05, 0.1) is 0 Å². The van der Waals surface area contributed by atoms with Crippen LogP contribution >= 0.6 is 11.6 Å². The molecule has 0 atom stereocenters. The van der Waals surface area contributed by atoms with Crippen LogP contribution in [0.3, 0.4) is 0 Å². The maximum atomic E-state index is 5.56. The number of hydrogen-bond acceptors (Lipinski definition) is 1. The first kappa shape index (κ1) is 13.9. The third-order valence-corrected chi connectivity index (χ3v) is 1.12. The maximum absolute atomic E-state index is 5.56. The van der Waals surface area contributed by atoms with Crippen molar-refractivity contribution < 1.29 is 0 Å². The second-order valence-corrected chi connectivity index (χ2v) is 1.99. The van der Waals surface area contributed by atoms with Gasteiger partial charge in [0, 0.05) is 10.7 Å². The molecule has 0 spiro atoms. The van der Waals surface area contributed by atoms with E-state index in [0.717, 1.165) is 10.7 Å². The second-order valence-electron chi connectivity index (χ2n) is 1.55. The van der Waals surface area contributed by atoms with E-state index in [1.165, 1.54) is 0 Å². The van der Waals surface area contributed by atoms with Crippen LogP contribution in [0, 0.1) is 0 Å². The second kappa shape index (κ2) is 6.99.